The van der Waals surface area contributed by atoms with Crippen molar-refractivity contribution < 1.29 is 38.1 Å². The van der Waals surface area contributed by atoms with Crippen molar-refractivity contribution in [3.63, 3.8) is 0 Å². The Kier molecular flexibility index (Phi) is 16.7. The van der Waals surface area contributed by atoms with Crippen LogP contribution in [-0.4, -0.2) is 119 Å². The van der Waals surface area contributed by atoms with Crippen molar-refractivity contribution in [1.82, 2.24) is 14.7 Å². The monoisotopic (exact) mass is 692 g/mol. The third-order valence-corrected chi connectivity index (χ3v) is 6.65. The molecule has 12 heteroatoms. The molecule has 49 heavy (non-hydrogen) atoms. The van der Waals surface area contributed by atoms with Crippen molar-refractivity contribution in [3.8, 4) is 0 Å². The van der Waals surface area contributed by atoms with Crippen molar-refractivity contribution in [2.45, 2.75) is 125 Å². The second kappa shape index (κ2) is 18.7. The molecule has 12 nitrogen and oxygen atoms in total. The van der Waals surface area contributed by atoms with Gasteiger partial charge in [-0.3, -0.25) is 33.9 Å². The van der Waals surface area contributed by atoms with Crippen molar-refractivity contribution in [3.05, 3.63) is 29.8 Å². The molecule has 1 unspecified atom stereocenters. The predicted octanol–water partition coefficient (Wildman–Crippen LogP) is 4.47. The Morgan fingerprint density at radius 3 is 1.31 bits per heavy atom. The first kappa shape index (κ1) is 43.8. The van der Waals surface area contributed by atoms with Crippen LogP contribution in [0.5, 0.6) is 0 Å². The maximum atomic E-state index is 13.2. The molecule has 0 saturated carbocycles. The Labute approximate surface area is 294 Å². The number of hydrogen-bond donors (Lipinski definition) is 1. The Balaban J connectivity index is 3.45. The number of likely N-dealkylation sites (N-methyl/N-ethyl adjacent to an activating group) is 1. The molecule has 0 radical (unpaired) electrons. The zero-order valence-electron chi connectivity index (χ0n) is 32.4. The lowest BCUT2D eigenvalue weighted by molar-refractivity contribution is -0.161. The average molecular weight is 693 g/mol. The van der Waals surface area contributed by atoms with Gasteiger partial charge >= 0.3 is 23.9 Å². The van der Waals surface area contributed by atoms with E-state index in [1.54, 1.807) is 46.4 Å². The lowest BCUT2D eigenvalue weighted by Crippen LogP contribution is -2.51. The molecule has 0 heterocycles. The third-order valence-electron chi connectivity index (χ3n) is 6.65. The largest absolute Gasteiger partial charge is 0.459 e. The highest BCUT2D eigenvalue weighted by atomic mass is 16.6. The molecule has 1 aromatic rings. The SMILES string of the molecule is CCN(CC(=O)OC(C)(C)C)C(Cc1ccc(N)cc1)CN(CCN(CC(=O)OC(C)(C)C)CC(=O)OC(C)(C)C)CC(=O)OC(C)(C)C. The second-order valence-corrected chi connectivity index (χ2v) is 16.5. The molecule has 0 aliphatic carbocycles. The standard InChI is InChI=1S/C37H64N4O8/c1-14-41(26-33(45)49-37(11,12)13)29(21-27-15-17-28(38)18-16-27)22-39(23-30(42)46-34(2,3)4)19-20-40(24-31(43)47-35(5,6)7)25-32(44)48-36(8,9)10/h15-18,29H,14,19-26,38H2,1-13H3. The highest BCUT2D eigenvalue weighted by Crippen LogP contribution is 2.17. The number of carbonyl (C=O) groups excluding carboxylic acids is 4. The number of nitrogens with two attached hydrogens (primary N) is 1. The van der Waals surface area contributed by atoms with Crippen LogP contribution in [0.4, 0.5) is 5.69 Å². The van der Waals surface area contributed by atoms with Gasteiger partial charge < -0.3 is 24.7 Å². The molecule has 0 saturated heterocycles. The lowest BCUT2D eigenvalue weighted by atomic mass is 10.0. The molecule has 0 spiro atoms. The summed E-state index contributed by atoms with van der Waals surface area (Å²) in [7, 11) is 0. The number of hydrogen-bond acceptors (Lipinski definition) is 12. The summed E-state index contributed by atoms with van der Waals surface area (Å²) in [5.41, 5.74) is 4.86. The van der Waals surface area contributed by atoms with Crippen LogP contribution in [0.2, 0.25) is 0 Å². The van der Waals surface area contributed by atoms with Gasteiger partial charge in [-0.15, -0.1) is 0 Å². The van der Waals surface area contributed by atoms with Gasteiger partial charge in [-0.1, -0.05) is 19.1 Å². The minimum absolute atomic E-state index is 0.0494. The Hall–Kier alpha value is -3.22. The fraction of sp³-hybridized carbons (Fsp3) is 0.730. The first-order valence-electron chi connectivity index (χ1n) is 17.1. The summed E-state index contributed by atoms with van der Waals surface area (Å²) in [5.74, 6) is -1.73. The maximum absolute atomic E-state index is 13.2. The topological polar surface area (TPSA) is 141 Å². The van der Waals surface area contributed by atoms with Gasteiger partial charge in [0.25, 0.3) is 0 Å². The smallest absolute Gasteiger partial charge is 0.320 e. The van der Waals surface area contributed by atoms with Gasteiger partial charge in [0.1, 0.15) is 22.4 Å². The number of anilines is 1. The van der Waals surface area contributed by atoms with E-state index in [1.165, 1.54) is 0 Å². The van der Waals surface area contributed by atoms with Crippen LogP contribution >= 0.6 is 0 Å². The first-order chi connectivity index (χ1) is 22.2. The summed E-state index contributed by atoms with van der Waals surface area (Å²) in [6.07, 6.45) is 0.557. The number of carbonyl (C=O) groups is 4. The van der Waals surface area contributed by atoms with Crippen LogP contribution in [0.25, 0.3) is 0 Å². The summed E-state index contributed by atoms with van der Waals surface area (Å²) >= 11 is 0. The number of benzene rings is 1. The van der Waals surface area contributed by atoms with Crippen molar-refractivity contribution in [2.75, 3.05) is 58.1 Å². The number of nitrogen functional groups attached to an aromatic ring is 1. The van der Waals surface area contributed by atoms with Crippen molar-refractivity contribution >= 4 is 29.6 Å². The number of ether oxygens (including phenoxy) is 4. The summed E-state index contributed by atoms with van der Waals surface area (Å²) in [6, 6.07) is 7.34. The van der Waals surface area contributed by atoms with E-state index in [9.17, 15) is 19.2 Å². The van der Waals surface area contributed by atoms with Crippen LogP contribution in [0.15, 0.2) is 24.3 Å². The van der Waals surface area contributed by atoms with E-state index < -0.39 is 40.3 Å². The maximum Gasteiger partial charge on any atom is 0.320 e. The Bertz CT molecular complexity index is 1180. The van der Waals surface area contributed by atoms with Crippen LogP contribution in [0, 0.1) is 0 Å². The summed E-state index contributed by atoms with van der Waals surface area (Å²) in [4.78, 5) is 57.6. The van der Waals surface area contributed by atoms with Gasteiger partial charge in [-0.2, -0.15) is 0 Å². The predicted molar refractivity (Wildman–Crippen MR) is 192 cm³/mol. The minimum atomic E-state index is -0.704. The molecule has 2 N–H and O–H groups in total. The van der Waals surface area contributed by atoms with Gasteiger partial charge in [-0.05, 0) is 114 Å². The van der Waals surface area contributed by atoms with Gasteiger partial charge in [0, 0.05) is 31.4 Å². The summed E-state index contributed by atoms with van der Waals surface area (Å²) in [5, 5.41) is 0. The lowest BCUT2D eigenvalue weighted by Gasteiger charge is -2.36. The van der Waals surface area contributed by atoms with E-state index in [0.29, 0.717) is 31.7 Å². The molecule has 1 aromatic carbocycles. The molecule has 0 bridgehead atoms. The summed E-state index contributed by atoms with van der Waals surface area (Å²) in [6.45, 7) is 24.7. The quantitative estimate of drug-likeness (QED) is 0.140. The number of nitrogens with zero attached hydrogens (tertiary/aromatic N) is 3. The molecule has 0 amide bonds. The van der Waals surface area contributed by atoms with Gasteiger partial charge in [-0.25, -0.2) is 0 Å². The molecule has 1 rings (SSSR count). The van der Waals surface area contributed by atoms with Gasteiger partial charge in [0.15, 0.2) is 0 Å². The molecule has 0 aromatic heterocycles. The second-order valence-electron chi connectivity index (χ2n) is 16.5. The van der Waals surface area contributed by atoms with Crippen molar-refractivity contribution in [2.24, 2.45) is 0 Å². The van der Waals surface area contributed by atoms with Gasteiger partial charge in [0.2, 0.25) is 0 Å². The fourth-order valence-electron chi connectivity index (χ4n) is 4.97. The van der Waals surface area contributed by atoms with Crippen LogP contribution in [-0.2, 0) is 44.5 Å². The fourth-order valence-corrected chi connectivity index (χ4v) is 4.97. The van der Waals surface area contributed by atoms with Crippen LogP contribution in [0.3, 0.4) is 0 Å². The Morgan fingerprint density at radius 1 is 0.592 bits per heavy atom. The molecule has 0 fully saturated rings. The van der Waals surface area contributed by atoms with Crippen LogP contribution in [0.1, 0.15) is 95.6 Å². The average Bonchev–Trinajstić information content (AvgIpc) is 2.86. The number of rotatable bonds is 17. The first-order valence-corrected chi connectivity index (χ1v) is 17.1. The number of esters is 4. The zero-order valence-corrected chi connectivity index (χ0v) is 32.4. The Morgan fingerprint density at radius 2 is 0.939 bits per heavy atom. The van der Waals surface area contributed by atoms with E-state index in [4.69, 9.17) is 24.7 Å². The normalized spacial score (nSPS) is 13.4. The van der Waals surface area contributed by atoms with E-state index in [-0.39, 0.29) is 44.7 Å². The molecular formula is C37H64N4O8. The van der Waals surface area contributed by atoms with Crippen molar-refractivity contribution in [1.29, 1.82) is 0 Å². The zero-order chi connectivity index (χ0) is 37.8. The minimum Gasteiger partial charge on any atom is -0.459 e. The highest BCUT2D eigenvalue weighted by Gasteiger charge is 2.29. The summed E-state index contributed by atoms with van der Waals surface area (Å²) < 4.78 is 22.4. The van der Waals surface area contributed by atoms with Gasteiger partial charge in [0.05, 0.1) is 26.2 Å². The molecule has 1 atom stereocenters. The van der Waals surface area contributed by atoms with E-state index in [0.717, 1.165) is 5.56 Å². The third kappa shape index (κ3) is 21.5. The van der Waals surface area contributed by atoms with E-state index >= 15 is 0 Å². The highest BCUT2D eigenvalue weighted by molar-refractivity contribution is 5.75. The molecule has 0 aliphatic heterocycles. The van der Waals surface area contributed by atoms with E-state index in [2.05, 4.69) is 0 Å². The molecule has 0 aliphatic rings. The van der Waals surface area contributed by atoms with Crippen LogP contribution < -0.4 is 5.73 Å². The van der Waals surface area contributed by atoms with E-state index in [1.807, 2.05) is 82.5 Å². The molecular weight excluding hydrogens is 628 g/mol. The molecule has 280 valence electrons.